The molecule has 0 aliphatic heterocycles. The number of nitrogens with one attached hydrogen (secondary N) is 1. The number of aliphatic hydroxyl groups is 1. The van der Waals surface area contributed by atoms with Crippen LogP contribution in [0.2, 0.25) is 5.15 Å². The molecule has 0 saturated heterocycles. The zero-order valence-corrected chi connectivity index (χ0v) is 14.9. The summed E-state index contributed by atoms with van der Waals surface area (Å²) in [6, 6.07) is 17.2. The molecule has 0 amide bonds. The molecule has 0 aliphatic rings. The van der Waals surface area contributed by atoms with Gasteiger partial charge in [-0.3, -0.25) is 0 Å². The van der Waals surface area contributed by atoms with Gasteiger partial charge >= 0.3 is 0 Å². The predicted molar refractivity (Wildman–Crippen MR) is 101 cm³/mol. The third-order valence-corrected chi connectivity index (χ3v) is 3.88. The van der Waals surface area contributed by atoms with Crippen molar-refractivity contribution in [1.29, 1.82) is 0 Å². The first-order valence-corrected chi connectivity index (χ1v) is 8.71. The minimum Gasteiger partial charge on any atom is -0.491 e. The zero-order chi connectivity index (χ0) is 18.2. The van der Waals surface area contributed by atoms with Crippen LogP contribution in [0.15, 0.2) is 54.6 Å². The molecular weight excluding hydrogens is 354 g/mol. The summed E-state index contributed by atoms with van der Waals surface area (Å²) in [5, 5.41) is 23.2. The minimum atomic E-state index is -0.614. The molecule has 7 heteroatoms. The van der Waals surface area contributed by atoms with Gasteiger partial charge in [0, 0.05) is 19.2 Å². The summed E-state index contributed by atoms with van der Waals surface area (Å²) in [7, 11) is 0. The van der Waals surface area contributed by atoms with Gasteiger partial charge in [-0.1, -0.05) is 41.9 Å². The number of aromatic nitrogens is 2. The number of benzene rings is 2. The molecule has 0 aliphatic carbocycles. The van der Waals surface area contributed by atoms with Crippen LogP contribution in [0.25, 0.3) is 10.8 Å². The number of aliphatic hydroxyl groups excluding tert-OH is 1. The highest BCUT2D eigenvalue weighted by Gasteiger charge is 2.06. The van der Waals surface area contributed by atoms with Crippen molar-refractivity contribution in [3.63, 3.8) is 0 Å². The SMILES string of the molecule is OC(CNCCOc1ccc(Cl)nn1)COc1ccc2ccccc2c1. The predicted octanol–water partition coefficient (Wildman–Crippen LogP) is 2.69. The van der Waals surface area contributed by atoms with Crippen molar-refractivity contribution in [2.45, 2.75) is 6.10 Å². The molecule has 26 heavy (non-hydrogen) atoms. The summed E-state index contributed by atoms with van der Waals surface area (Å²) < 4.78 is 11.1. The van der Waals surface area contributed by atoms with Crippen LogP contribution in [0.1, 0.15) is 0 Å². The first-order valence-electron chi connectivity index (χ1n) is 8.33. The smallest absolute Gasteiger partial charge is 0.233 e. The molecule has 0 radical (unpaired) electrons. The molecule has 6 nitrogen and oxygen atoms in total. The molecule has 1 atom stereocenters. The van der Waals surface area contributed by atoms with E-state index in [1.54, 1.807) is 12.1 Å². The van der Waals surface area contributed by atoms with E-state index in [0.29, 0.717) is 30.7 Å². The van der Waals surface area contributed by atoms with E-state index in [1.807, 2.05) is 36.4 Å². The van der Waals surface area contributed by atoms with Gasteiger partial charge in [-0.15, -0.1) is 10.2 Å². The van der Waals surface area contributed by atoms with Crippen molar-refractivity contribution in [1.82, 2.24) is 15.5 Å². The lowest BCUT2D eigenvalue weighted by atomic mass is 10.1. The summed E-state index contributed by atoms with van der Waals surface area (Å²) in [5.74, 6) is 1.16. The first-order chi connectivity index (χ1) is 12.7. The van der Waals surface area contributed by atoms with E-state index in [4.69, 9.17) is 21.1 Å². The Morgan fingerprint density at radius 1 is 1.00 bits per heavy atom. The molecule has 0 saturated carbocycles. The van der Waals surface area contributed by atoms with E-state index in [0.717, 1.165) is 16.5 Å². The molecule has 1 heterocycles. The molecule has 3 aromatic rings. The van der Waals surface area contributed by atoms with Crippen LogP contribution in [0.3, 0.4) is 0 Å². The fraction of sp³-hybridized carbons (Fsp3) is 0.263. The Morgan fingerprint density at radius 3 is 2.65 bits per heavy atom. The van der Waals surface area contributed by atoms with Crippen LogP contribution in [-0.2, 0) is 0 Å². The van der Waals surface area contributed by atoms with Crippen molar-refractivity contribution >= 4 is 22.4 Å². The number of halogens is 1. The second-order valence-electron chi connectivity index (χ2n) is 5.72. The lowest BCUT2D eigenvalue weighted by Crippen LogP contribution is -2.33. The van der Waals surface area contributed by atoms with Crippen molar-refractivity contribution < 1.29 is 14.6 Å². The van der Waals surface area contributed by atoms with Gasteiger partial charge in [0.1, 0.15) is 25.1 Å². The average Bonchev–Trinajstić information content (AvgIpc) is 2.67. The van der Waals surface area contributed by atoms with Crippen LogP contribution in [0, 0.1) is 0 Å². The Balaban J connectivity index is 1.33. The topological polar surface area (TPSA) is 76.5 Å². The number of ether oxygens (including phenoxy) is 2. The number of hydrogen-bond acceptors (Lipinski definition) is 6. The highest BCUT2D eigenvalue weighted by molar-refractivity contribution is 6.29. The number of rotatable bonds is 9. The highest BCUT2D eigenvalue weighted by Crippen LogP contribution is 2.20. The second-order valence-corrected chi connectivity index (χ2v) is 6.11. The van der Waals surface area contributed by atoms with E-state index in [9.17, 15) is 5.11 Å². The maximum absolute atomic E-state index is 10.0. The molecule has 0 bridgehead atoms. The van der Waals surface area contributed by atoms with Crippen molar-refractivity contribution in [2.24, 2.45) is 0 Å². The molecule has 3 rings (SSSR count). The summed E-state index contributed by atoms with van der Waals surface area (Å²) in [6.45, 7) is 1.60. The van der Waals surface area contributed by atoms with Gasteiger partial charge in [0.15, 0.2) is 5.15 Å². The molecule has 1 unspecified atom stereocenters. The van der Waals surface area contributed by atoms with Crippen molar-refractivity contribution in [2.75, 3.05) is 26.3 Å². The largest absolute Gasteiger partial charge is 0.491 e. The third-order valence-electron chi connectivity index (χ3n) is 3.68. The van der Waals surface area contributed by atoms with E-state index in [-0.39, 0.29) is 6.61 Å². The van der Waals surface area contributed by atoms with Crippen LogP contribution < -0.4 is 14.8 Å². The Labute approximate surface area is 156 Å². The van der Waals surface area contributed by atoms with Gasteiger partial charge in [0.25, 0.3) is 0 Å². The number of fused-ring (bicyclic) bond motifs is 1. The Morgan fingerprint density at radius 2 is 1.85 bits per heavy atom. The van der Waals surface area contributed by atoms with E-state index < -0.39 is 6.10 Å². The molecule has 2 aromatic carbocycles. The zero-order valence-electron chi connectivity index (χ0n) is 14.1. The summed E-state index contributed by atoms with van der Waals surface area (Å²) in [4.78, 5) is 0. The average molecular weight is 374 g/mol. The standard InChI is InChI=1S/C19H20ClN3O3/c20-18-7-8-19(23-22-18)25-10-9-21-12-16(24)13-26-17-6-5-14-3-1-2-4-15(14)11-17/h1-8,11,16,21,24H,9-10,12-13H2. The van der Waals surface area contributed by atoms with Gasteiger partial charge in [-0.05, 0) is 29.0 Å². The Hall–Kier alpha value is -2.41. The highest BCUT2D eigenvalue weighted by atomic mass is 35.5. The van der Waals surface area contributed by atoms with Crippen molar-refractivity contribution in [3.8, 4) is 11.6 Å². The maximum atomic E-state index is 10.0. The fourth-order valence-corrected chi connectivity index (χ4v) is 2.49. The third kappa shape index (κ3) is 5.56. The van der Waals surface area contributed by atoms with Gasteiger partial charge < -0.3 is 19.9 Å². The molecule has 2 N–H and O–H groups in total. The molecule has 136 valence electrons. The lowest BCUT2D eigenvalue weighted by molar-refractivity contribution is 0.105. The quantitative estimate of drug-likeness (QED) is 0.562. The summed E-state index contributed by atoms with van der Waals surface area (Å²) >= 11 is 5.65. The van der Waals surface area contributed by atoms with Crippen LogP contribution >= 0.6 is 11.6 Å². The van der Waals surface area contributed by atoms with Crippen LogP contribution in [-0.4, -0.2) is 47.7 Å². The lowest BCUT2D eigenvalue weighted by Gasteiger charge is -2.14. The normalized spacial score (nSPS) is 12.1. The van der Waals surface area contributed by atoms with E-state index in [2.05, 4.69) is 21.6 Å². The van der Waals surface area contributed by atoms with Crippen LogP contribution in [0.5, 0.6) is 11.6 Å². The summed E-state index contributed by atoms with van der Waals surface area (Å²) in [5.41, 5.74) is 0. The van der Waals surface area contributed by atoms with Gasteiger partial charge in [0.05, 0.1) is 0 Å². The number of hydrogen-bond donors (Lipinski definition) is 2. The van der Waals surface area contributed by atoms with Gasteiger partial charge in [0.2, 0.25) is 5.88 Å². The minimum absolute atomic E-state index is 0.217. The van der Waals surface area contributed by atoms with Gasteiger partial charge in [-0.2, -0.15) is 0 Å². The van der Waals surface area contributed by atoms with Crippen LogP contribution in [0.4, 0.5) is 0 Å². The first kappa shape index (κ1) is 18.4. The Bertz CT molecular complexity index is 830. The molecule has 0 spiro atoms. The monoisotopic (exact) mass is 373 g/mol. The fourth-order valence-electron chi connectivity index (χ4n) is 2.39. The summed E-state index contributed by atoms with van der Waals surface area (Å²) in [6.07, 6.45) is -0.614. The van der Waals surface area contributed by atoms with Crippen molar-refractivity contribution in [3.05, 3.63) is 59.8 Å². The number of nitrogens with zero attached hydrogens (tertiary/aromatic N) is 2. The van der Waals surface area contributed by atoms with E-state index in [1.165, 1.54) is 0 Å². The molecule has 0 fully saturated rings. The maximum Gasteiger partial charge on any atom is 0.233 e. The van der Waals surface area contributed by atoms with Gasteiger partial charge in [-0.25, -0.2) is 0 Å². The second kappa shape index (κ2) is 9.33. The molecular formula is C19H20ClN3O3. The Kier molecular flexibility index (Phi) is 6.60. The molecule has 1 aromatic heterocycles. The van der Waals surface area contributed by atoms with E-state index >= 15 is 0 Å².